The summed E-state index contributed by atoms with van der Waals surface area (Å²) in [6.45, 7) is 0.450. The summed E-state index contributed by atoms with van der Waals surface area (Å²) in [5, 5.41) is 4.25. The van der Waals surface area contributed by atoms with Crippen molar-refractivity contribution in [1.82, 2.24) is 9.88 Å². The van der Waals surface area contributed by atoms with Gasteiger partial charge in [-0.25, -0.2) is 18.5 Å². The smallest absolute Gasteiger partial charge is 0.224 e. The van der Waals surface area contributed by atoms with Gasteiger partial charge in [0.15, 0.2) is 0 Å². The van der Waals surface area contributed by atoms with E-state index in [0.717, 1.165) is 5.56 Å². The summed E-state index contributed by atoms with van der Waals surface area (Å²) in [6, 6.07) is 3.46. The van der Waals surface area contributed by atoms with Crippen molar-refractivity contribution in [1.29, 1.82) is 0 Å². The molecular weight excluding hydrogens is 270 g/mol. The lowest BCUT2D eigenvalue weighted by Crippen LogP contribution is -2.31. The first-order valence-electron chi connectivity index (χ1n) is 5.68. The zero-order valence-corrected chi connectivity index (χ0v) is 11.3. The van der Waals surface area contributed by atoms with Gasteiger partial charge in [0.25, 0.3) is 0 Å². The Morgan fingerprint density at radius 3 is 2.89 bits per heavy atom. The van der Waals surface area contributed by atoms with Crippen LogP contribution in [0, 0.1) is 0 Å². The predicted octanol–water partition coefficient (Wildman–Crippen LogP) is -0.520. The number of carbonyl (C=O) groups is 1. The summed E-state index contributed by atoms with van der Waals surface area (Å²) in [4.78, 5) is 17.2. The highest BCUT2D eigenvalue weighted by molar-refractivity contribution is 7.89. The number of pyridine rings is 1. The average Bonchev–Trinajstić information content (AvgIpc) is 2.71. The lowest BCUT2D eigenvalue weighted by molar-refractivity contribution is -0.128. The first kappa shape index (κ1) is 13.8. The molecule has 0 radical (unpaired) electrons. The molecule has 1 unspecified atom stereocenters. The van der Waals surface area contributed by atoms with Crippen LogP contribution in [-0.4, -0.2) is 43.1 Å². The molecule has 1 aromatic heterocycles. The number of methoxy groups -OCH3 is 1. The zero-order chi connectivity index (χ0) is 14.0. The van der Waals surface area contributed by atoms with Gasteiger partial charge in [-0.2, -0.15) is 0 Å². The molecule has 1 aliphatic rings. The van der Waals surface area contributed by atoms with E-state index in [0.29, 0.717) is 12.4 Å². The van der Waals surface area contributed by atoms with Gasteiger partial charge in [-0.05, 0) is 11.6 Å². The summed E-state index contributed by atoms with van der Waals surface area (Å²) in [7, 11) is -2.17. The summed E-state index contributed by atoms with van der Waals surface area (Å²) in [5.41, 5.74) is 0.829. The summed E-state index contributed by atoms with van der Waals surface area (Å²) in [5.74, 6) is 0.238. The Bertz CT molecular complexity index is 587. The third-order valence-electron chi connectivity index (χ3n) is 3.03. The molecule has 0 aromatic carbocycles. The molecule has 1 aromatic rings. The molecule has 1 amide bonds. The fraction of sp³-hybridized carbons (Fsp3) is 0.455. The Labute approximate surface area is 111 Å². The number of nitrogens with two attached hydrogens (primary N) is 1. The number of primary sulfonamides is 1. The summed E-state index contributed by atoms with van der Waals surface area (Å²) < 4.78 is 27.5. The van der Waals surface area contributed by atoms with E-state index in [9.17, 15) is 13.2 Å². The quantitative estimate of drug-likeness (QED) is 0.802. The number of amides is 1. The third-order valence-corrected chi connectivity index (χ3v) is 4.27. The molecule has 0 bridgehead atoms. The van der Waals surface area contributed by atoms with Gasteiger partial charge in [-0.15, -0.1) is 0 Å². The lowest BCUT2D eigenvalue weighted by atomic mass is 10.2. The molecule has 1 atom stereocenters. The molecule has 2 heterocycles. The van der Waals surface area contributed by atoms with Gasteiger partial charge < -0.3 is 9.64 Å². The molecule has 1 saturated heterocycles. The van der Waals surface area contributed by atoms with Crippen LogP contribution in [-0.2, 0) is 21.4 Å². The van der Waals surface area contributed by atoms with Gasteiger partial charge in [-0.3, -0.25) is 4.79 Å². The van der Waals surface area contributed by atoms with Gasteiger partial charge in [0.2, 0.25) is 21.8 Å². The molecule has 104 valence electrons. The maximum absolute atomic E-state index is 11.7. The van der Waals surface area contributed by atoms with E-state index in [4.69, 9.17) is 9.88 Å². The first-order chi connectivity index (χ1) is 8.90. The number of sulfonamides is 1. The normalized spacial score (nSPS) is 19.8. The van der Waals surface area contributed by atoms with E-state index >= 15 is 0 Å². The second-order valence-electron chi connectivity index (χ2n) is 4.40. The molecule has 0 saturated carbocycles. The Hall–Kier alpha value is -1.67. The van der Waals surface area contributed by atoms with E-state index in [2.05, 4.69) is 4.98 Å². The Kier molecular flexibility index (Phi) is 3.72. The number of aromatic nitrogens is 1. The molecule has 0 aliphatic carbocycles. The van der Waals surface area contributed by atoms with Crippen LogP contribution in [0.1, 0.15) is 12.0 Å². The van der Waals surface area contributed by atoms with E-state index in [1.165, 1.54) is 12.0 Å². The number of ether oxygens (including phenoxy) is 1. The van der Waals surface area contributed by atoms with Gasteiger partial charge in [0, 0.05) is 31.8 Å². The fourth-order valence-corrected chi connectivity index (χ4v) is 2.75. The maximum Gasteiger partial charge on any atom is 0.224 e. The number of rotatable bonds is 4. The molecule has 1 aliphatic heterocycles. The largest absolute Gasteiger partial charge is 0.481 e. The summed E-state index contributed by atoms with van der Waals surface area (Å²) in [6.07, 6.45) is 1.52. The number of nitrogens with zero attached hydrogens (tertiary/aromatic N) is 2. The highest BCUT2D eigenvalue weighted by Gasteiger charge is 2.36. The molecule has 2 rings (SSSR count). The fourth-order valence-electron chi connectivity index (χ4n) is 1.99. The third kappa shape index (κ3) is 3.21. The van der Waals surface area contributed by atoms with E-state index in [1.807, 2.05) is 0 Å². The first-order valence-corrected chi connectivity index (χ1v) is 7.29. The second-order valence-corrected chi connectivity index (χ2v) is 6.24. The number of carbonyl (C=O) groups excluding carboxylic acids is 1. The van der Waals surface area contributed by atoms with Crippen molar-refractivity contribution in [2.75, 3.05) is 13.7 Å². The molecule has 8 heteroatoms. The SMILES string of the molecule is COc1cc(CN2CC(S(N)(=O)=O)CC2=O)ccn1. The van der Waals surface area contributed by atoms with Gasteiger partial charge >= 0.3 is 0 Å². The Morgan fingerprint density at radius 2 is 2.32 bits per heavy atom. The van der Waals surface area contributed by atoms with E-state index in [1.54, 1.807) is 18.3 Å². The van der Waals surface area contributed by atoms with Crippen molar-refractivity contribution in [3.8, 4) is 5.88 Å². The Balaban J connectivity index is 2.09. The van der Waals surface area contributed by atoms with Crippen LogP contribution in [0.15, 0.2) is 18.3 Å². The lowest BCUT2D eigenvalue weighted by Gasteiger charge is -2.16. The molecule has 2 N–H and O–H groups in total. The van der Waals surface area contributed by atoms with E-state index in [-0.39, 0.29) is 18.9 Å². The van der Waals surface area contributed by atoms with Crippen LogP contribution in [0.4, 0.5) is 0 Å². The van der Waals surface area contributed by atoms with Crippen LogP contribution in [0.5, 0.6) is 5.88 Å². The number of likely N-dealkylation sites (tertiary alicyclic amines) is 1. The van der Waals surface area contributed by atoms with Crippen LogP contribution in [0.3, 0.4) is 0 Å². The molecule has 1 fully saturated rings. The summed E-state index contributed by atoms with van der Waals surface area (Å²) >= 11 is 0. The minimum absolute atomic E-state index is 0.0545. The number of hydrogen-bond donors (Lipinski definition) is 1. The van der Waals surface area contributed by atoms with Crippen LogP contribution in [0.2, 0.25) is 0 Å². The van der Waals surface area contributed by atoms with Crippen molar-refractivity contribution < 1.29 is 17.9 Å². The topological polar surface area (TPSA) is 103 Å². The van der Waals surface area contributed by atoms with Gasteiger partial charge in [0.1, 0.15) is 5.25 Å². The molecular formula is C11H15N3O4S. The molecule has 19 heavy (non-hydrogen) atoms. The molecule has 0 spiro atoms. The van der Waals surface area contributed by atoms with Crippen molar-refractivity contribution in [3.63, 3.8) is 0 Å². The predicted molar refractivity (Wildman–Crippen MR) is 67.7 cm³/mol. The van der Waals surface area contributed by atoms with Crippen LogP contribution in [0.25, 0.3) is 0 Å². The van der Waals surface area contributed by atoms with Crippen LogP contribution < -0.4 is 9.88 Å². The highest BCUT2D eigenvalue weighted by atomic mass is 32.2. The van der Waals surface area contributed by atoms with E-state index < -0.39 is 15.3 Å². The minimum atomic E-state index is -3.67. The molecule has 7 nitrogen and oxygen atoms in total. The van der Waals surface area contributed by atoms with Crippen molar-refractivity contribution >= 4 is 15.9 Å². The van der Waals surface area contributed by atoms with Crippen molar-refractivity contribution in [3.05, 3.63) is 23.9 Å². The van der Waals surface area contributed by atoms with Gasteiger partial charge in [-0.1, -0.05) is 0 Å². The number of hydrogen-bond acceptors (Lipinski definition) is 5. The average molecular weight is 285 g/mol. The maximum atomic E-state index is 11.7. The zero-order valence-electron chi connectivity index (χ0n) is 10.4. The standard InChI is InChI=1S/C11H15N3O4S/c1-18-10-4-8(2-3-13-10)6-14-7-9(5-11(14)15)19(12,16)17/h2-4,9H,5-7H2,1H3,(H2,12,16,17). The van der Waals surface area contributed by atoms with Crippen LogP contribution >= 0.6 is 0 Å². The highest BCUT2D eigenvalue weighted by Crippen LogP contribution is 2.20. The minimum Gasteiger partial charge on any atom is -0.481 e. The van der Waals surface area contributed by atoms with Crippen molar-refractivity contribution in [2.45, 2.75) is 18.2 Å². The van der Waals surface area contributed by atoms with Crippen molar-refractivity contribution in [2.24, 2.45) is 5.14 Å². The Morgan fingerprint density at radius 1 is 1.58 bits per heavy atom. The van der Waals surface area contributed by atoms with Gasteiger partial charge in [0.05, 0.1) is 7.11 Å². The monoisotopic (exact) mass is 285 g/mol. The second kappa shape index (κ2) is 5.14.